The lowest BCUT2D eigenvalue weighted by molar-refractivity contribution is 0.0524. The van der Waals surface area contributed by atoms with Gasteiger partial charge in [-0.2, -0.15) is 0 Å². The molecule has 0 bridgehead atoms. The van der Waals surface area contributed by atoms with Gasteiger partial charge in [-0.1, -0.05) is 12.1 Å². The SMILES string of the molecule is CCOc1ccccc1N(C)NC(=O)OC(C)(C)C. The van der Waals surface area contributed by atoms with Crippen molar-refractivity contribution in [1.29, 1.82) is 0 Å². The van der Waals surface area contributed by atoms with Crippen molar-refractivity contribution in [2.75, 3.05) is 18.7 Å². The topological polar surface area (TPSA) is 50.8 Å². The quantitative estimate of drug-likeness (QED) is 0.851. The number of para-hydroxylation sites is 2. The highest BCUT2D eigenvalue weighted by Crippen LogP contribution is 2.25. The van der Waals surface area contributed by atoms with Crippen LogP contribution in [0, 0.1) is 0 Å². The van der Waals surface area contributed by atoms with Gasteiger partial charge in [-0.3, -0.25) is 5.01 Å². The van der Waals surface area contributed by atoms with Crippen LogP contribution < -0.4 is 15.2 Å². The monoisotopic (exact) mass is 266 g/mol. The Kier molecular flexibility index (Phi) is 5.03. The van der Waals surface area contributed by atoms with Gasteiger partial charge >= 0.3 is 6.09 Å². The Hall–Kier alpha value is -1.91. The molecule has 0 aromatic heterocycles. The van der Waals surface area contributed by atoms with Crippen molar-refractivity contribution in [2.45, 2.75) is 33.3 Å². The second-order valence-corrected chi connectivity index (χ2v) is 5.07. The highest BCUT2D eigenvalue weighted by atomic mass is 16.6. The first-order valence-corrected chi connectivity index (χ1v) is 6.28. The van der Waals surface area contributed by atoms with Gasteiger partial charge in [0.2, 0.25) is 0 Å². The highest BCUT2D eigenvalue weighted by molar-refractivity contribution is 5.71. The van der Waals surface area contributed by atoms with Gasteiger partial charge in [0, 0.05) is 7.05 Å². The number of rotatable bonds is 4. The van der Waals surface area contributed by atoms with Crippen LogP contribution in [0.4, 0.5) is 10.5 Å². The molecule has 0 atom stereocenters. The predicted molar refractivity (Wildman–Crippen MR) is 75.4 cm³/mol. The van der Waals surface area contributed by atoms with E-state index in [4.69, 9.17) is 9.47 Å². The molecule has 0 fully saturated rings. The van der Waals surface area contributed by atoms with E-state index >= 15 is 0 Å². The van der Waals surface area contributed by atoms with Crippen molar-refractivity contribution < 1.29 is 14.3 Å². The van der Waals surface area contributed by atoms with Gasteiger partial charge in [-0.15, -0.1) is 0 Å². The minimum Gasteiger partial charge on any atom is -0.492 e. The Morgan fingerprint density at radius 3 is 2.53 bits per heavy atom. The summed E-state index contributed by atoms with van der Waals surface area (Å²) in [5, 5.41) is 1.58. The molecule has 1 amide bonds. The van der Waals surface area contributed by atoms with Gasteiger partial charge in [0.15, 0.2) is 0 Å². The number of ether oxygens (including phenoxy) is 2. The van der Waals surface area contributed by atoms with Gasteiger partial charge in [-0.05, 0) is 39.8 Å². The van der Waals surface area contributed by atoms with Gasteiger partial charge in [0.25, 0.3) is 0 Å². The molecular weight excluding hydrogens is 244 g/mol. The Balaban J connectivity index is 2.72. The summed E-state index contributed by atoms with van der Waals surface area (Å²) >= 11 is 0. The molecule has 1 N–H and O–H groups in total. The highest BCUT2D eigenvalue weighted by Gasteiger charge is 2.18. The molecular formula is C14H22N2O3. The third-order valence-electron chi connectivity index (χ3n) is 2.18. The number of carbonyl (C=O) groups excluding carboxylic acids is 1. The molecule has 0 aliphatic rings. The molecule has 1 aromatic rings. The molecule has 19 heavy (non-hydrogen) atoms. The van der Waals surface area contributed by atoms with E-state index in [1.807, 2.05) is 52.0 Å². The molecule has 0 spiro atoms. The average Bonchev–Trinajstić information content (AvgIpc) is 2.27. The summed E-state index contributed by atoms with van der Waals surface area (Å²) in [5.41, 5.74) is 2.89. The fourth-order valence-corrected chi connectivity index (χ4v) is 1.51. The van der Waals surface area contributed by atoms with Gasteiger partial charge < -0.3 is 9.47 Å². The van der Waals surface area contributed by atoms with Gasteiger partial charge in [0.05, 0.1) is 12.3 Å². The van der Waals surface area contributed by atoms with E-state index < -0.39 is 11.7 Å². The number of hydrogen-bond acceptors (Lipinski definition) is 4. The number of anilines is 1. The van der Waals surface area contributed by atoms with Crippen molar-refractivity contribution in [3.63, 3.8) is 0 Å². The number of nitrogens with one attached hydrogen (secondary N) is 1. The molecule has 5 heteroatoms. The van der Waals surface area contributed by atoms with Crippen LogP contribution in [0.5, 0.6) is 5.75 Å². The molecule has 0 aliphatic carbocycles. The molecule has 0 aliphatic heterocycles. The van der Waals surface area contributed by atoms with Crippen molar-refractivity contribution >= 4 is 11.8 Å². The molecule has 0 unspecified atom stereocenters. The number of carbonyl (C=O) groups is 1. The summed E-state index contributed by atoms with van der Waals surface area (Å²) in [6, 6.07) is 7.48. The molecule has 0 saturated carbocycles. The largest absolute Gasteiger partial charge is 0.492 e. The lowest BCUT2D eigenvalue weighted by atomic mass is 10.2. The summed E-state index contributed by atoms with van der Waals surface area (Å²) in [6.07, 6.45) is -0.499. The van der Waals surface area contributed by atoms with E-state index in [2.05, 4.69) is 5.43 Å². The van der Waals surface area contributed by atoms with E-state index in [0.29, 0.717) is 12.4 Å². The fourth-order valence-electron chi connectivity index (χ4n) is 1.51. The second kappa shape index (κ2) is 6.31. The summed E-state index contributed by atoms with van der Waals surface area (Å²) < 4.78 is 10.7. The molecule has 5 nitrogen and oxygen atoms in total. The Labute approximate surface area is 114 Å². The van der Waals surface area contributed by atoms with Crippen molar-refractivity contribution in [1.82, 2.24) is 5.43 Å². The summed E-state index contributed by atoms with van der Waals surface area (Å²) in [7, 11) is 1.74. The summed E-state index contributed by atoms with van der Waals surface area (Å²) in [4.78, 5) is 11.7. The Bertz CT molecular complexity index is 427. The fraction of sp³-hybridized carbons (Fsp3) is 0.500. The maximum absolute atomic E-state index is 11.7. The van der Waals surface area contributed by atoms with E-state index in [1.165, 1.54) is 0 Å². The first kappa shape index (κ1) is 15.1. The molecule has 0 saturated heterocycles. The van der Waals surface area contributed by atoms with Crippen LogP contribution in [0.15, 0.2) is 24.3 Å². The number of hydrogen-bond donors (Lipinski definition) is 1. The van der Waals surface area contributed by atoms with Gasteiger partial charge in [0.1, 0.15) is 11.4 Å². The van der Waals surface area contributed by atoms with Crippen LogP contribution in [0.25, 0.3) is 0 Å². The van der Waals surface area contributed by atoms with E-state index in [-0.39, 0.29) is 0 Å². The van der Waals surface area contributed by atoms with Crippen LogP contribution in [0.2, 0.25) is 0 Å². The maximum Gasteiger partial charge on any atom is 0.426 e. The normalized spacial score (nSPS) is 10.8. The average molecular weight is 266 g/mol. The van der Waals surface area contributed by atoms with Crippen molar-refractivity contribution in [3.8, 4) is 5.75 Å². The zero-order chi connectivity index (χ0) is 14.5. The number of amides is 1. The first-order chi connectivity index (χ1) is 8.83. The minimum absolute atomic E-state index is 0.499. The van der Waals surface area contributed by atoms with Gasteiger partial charge in [-0.25, -0.2) is 10.2 Å². The Morgan fingerprint density at radius 2 is 1.95 bits per heavy atom. The minimum atomic E-state index is -0.523. The first-order valence-electron chi connectivity index (χ1n) is 6.28. The number of benzene rings is 1. The predicted octanol–water partition coefficient (Wildman–Crippen LogP) is 2.96. The smallest absolute Gasteiger partial charge is 0.426 e. The maximum atomic E-state index is 11.7. The van der Waals surface area contributed by atoms with Crippen LogP contribution in [0.3, 0.4) is 0 Å². The van der Waals surface area contributed by atoms with E-state index in [1.54, 1.807) is 12.1 Å². The second-order valence-electron chi connectivity index (χ2n) is 5.07. The molecule has 106 valence electrons. The Morgan fingerprint density at radius 1 is 1.32 bits per heavy atom. The van der Waals surface area contributed by atoms with Crippen LogP contribution in [-0.2, 0) is 4.74 Å². The van der Waals surface area contributed by atoms with E-state index in [9.17, 15) is 4.79 Å². The summed E-state index contributed by atoms with van der Waals surface area (Å²) in [5.74, 6) is 0.712. The third-order valence-corrected chi connectivity index (χ3v) is 2.18. The molecule has 1 rings (SSSR count). The van der Waals surface area contributed by atoms with Crippen LogP contribution in [-0.4, -0.2) is 25.3 Å². The zero-order valence-electron chi connectivity index (χ0n) is 12.2. The zero-order valence-corrected chi connectivity index (χ0v) is 12.2. The standard InChI is InChI=1S/C14H22N2O3/c1-6-18-12-10-8-7-9-11(12)16(5)15-13(17)19-14(2,3)4/h7-10H,6H2,1-5H3,(H,15,17). The lowest BCUT2D eigenvalue weighted by Gasteiger charge is -2.25. The molecule has 0 radical (unpaired) electrons. The molecule has 1 aromatic carbocycles. The van der Waals surface area contributed by atoms with E-state index in [0.717, 1.165) is 5.69 Å². The number of hydrazine groups is 1. The molecule has 0 heterocycles. The van der Waals surface area contributed by atoms with Crippen LogP contribution >= 0.6 is 0 Å². The third kappa shape index (κ3) is 5.07. The summed E-state index contributed by atoms with van der Waals surface area (Å²) in [6.45, 7) is 7.94. The van der Waals surface area contributed by atoms with Crippen molar-refractivity contribution in [2.24, 2.45) is 0 Å². The lowest BCUT2D eigenvalue weighted by Crippen LogP contribution is -2.42. The van der Waals surface area contributed by atoms with Crippen LogP contribution in [0.1, 0.15) is 27.7 Å². The number of nitrogens with zero attached hydrogens (tertiary/aromatic N) is 1. The van der Waals surface area contributed by atoms with Crippen molar-refractivity contribution in [3.05, 3.63) is 24.3 Å².